The predicted molar refractivity (Wildman–Crippen MR) is 127 cm³/mol. The molecule has 0 spiro atoms. The number of aromatic nitrogens is 1. The molecule has 2 aromatic carbocycles. The molecule has 1 aromatic heterocycles. The Kier molecular flexibility index (Phi) is 7.70. The van der Waals surface area contributed by atoms with E-state index in [9.17, 15) is 0 Å². The highest BCUT2D eigenvalue weighted by Gasteiger charge is 2.21. The first-order valence-electron chi connectivity index (χ1n) is 10.9. The van der Waals surface area contributed by atoms with Gasteiger partial charge in [0.1, 0.15) is 10.8 Å². The Bertz CT molecular complexity index is 941. The van der Waals surface area contributed by atoms with Gasteiger partial charge in [-0.25, -0.2) is 4.98 Å². The van der Waals surface area contributed by atoms with Gasteiger partial charge in [0.15, 0.2) is 0 Å². The summed E-state index contributed by atoms with van der Waals surface area (Å²) in [5.74, 6) is 0.866. The third-order valence-electron chi connectivity index (χ3n) is 5.73. The zero-order valence-electron chi connectivity index (χ0n) is 18.4. The minimum atomic E-state index is 0.412. The number of para-hydroxylation sites is 1. The van der Waals surface area contributed by atoms with Crippen LogP contribution in [0.5, 0.6) is 5.75 Å². The first-order valence-corrected chi connectivity index (χ1v) is 11.8. The van der Waals surface area contributed by atoms with Gasteiger partial charge in [-0.3, -0.25) is 9.80 Å². The van der Waals surface area contributed by atoms with Crippen LogP contribution in [-0.4, -0.2) is 60.8 Å². The average molecular weight is 438 g/mol. The molecule has 5 nitrogen and oxygen atoms in total. The van der Waals surface area contributed by atoms with Crippen LogP contribution in [-0.2, 0) is 17.8 Å². The Morgan fingerprint density at radius 3 is 2.58 bits per heavy atom. The second kappa shape index (κ2) is 10.9. The number of hydrogen-bond donors (Lipinski definition) is 0. The number of nitrogens with zero attached hydrogens (tertiary/aromatic N) is 3. The molecule has 4 rings (SSSR count). The molecule has 0 N–H and O–H groups in total. The van der Waals surface area contributed by atoms with Gasteiger partial charge in [-0.1, -0.05) is 42.5 Å². The highest BCUT2D eigenvalue weighted by molar-refractivity contribution is 7.13. The van der Waals surface area contributed by atoms with Crippen LogP contribution in [0.15, 0.2) is 60.0 Å². The first-order chi connectivity index (χ1) is 15.2. The summed E-state index contributed by atoms with van der Waals surface area (Å²) in [6, 6.07) is 19.2. The van der Waals surface area contributed by atoms with Crippen molar-refractivity contribution >= 4 is 11.3 Å². The van der Waals surface area contributed by atoms with Crippen molar-refractivity contribution in [3.8, 4) is 16.3 Å². The Hall–Kier alpha value is -2.25. The summed E-state index contributed by atoms with van der Waals surface area (Å²) in [5.41, 5.74) is 3.49. The summed E-state index contributed by atoms with van der Waals surface area (Å²) in [5, 5.41) is 3.19. The highest BCUT2D eigenvalue weighted by Crippen LogP contribution is 2.32. The Morgan fingerprint density at radius 2 is 1.81 bits per heavy atom. The summed E-state index contributed by atoms with van der Waals surface area (Å²) < 4.78 is 11.1. The van der Waals surface area contributed by atoms with E-state index in [2.05, 4.69) is 58.5 Å². The van der Waals surface area contributed by atoms with Gasteiger partial charge in [0.25, 0.3) is 0 Å². The second-order valence-corrected chi connectivity index (χ2v) is 8.85. The number of hydrogen-bond acceptors (Lipinski definition) is 6. The summed E-state index contributed by atoms with van der Waals surface area (Å²) in [4.78, 5) is 10.0. The van der Waals surface area contributed by atoms with Crippen LogP contribution in [0, 0.1) is 0 Å². The molecule has 0 amide bonds. The van der Waals surface area contributed by atoms with Crippen molar-refractivity contribution in [2.75, 3.05) is 40.0 Å². The van der Waals surface area contributed by atoms with Gasteiger partial charge in [0.2, 0.25) is 0 Å². The van der Waals surface area contributed by atoms with E-state index in [1.165, 1.54) is 5.56 Å². The standard InChI is InChI=1S/C25H31N3O2S/c1-20(16-27-12-14-30-15-13-27)28(17-21-8-4-3-5-9-21)18-22-19-31-25(26-22)23-10-6-7-11-24(23)29-2/h3-11,19-20H,12-18H2,1-2H3. The van der Waals surface area contributed by atoms with Gasteiger partial charge in [0.05, 0.1) is 31.6 Å². The van der Waals surface area contributed by atoms with Crippen LogP contribution >= 0.6 is 11.3 Å². The van der Waals surface area contributed by atoms with Crippen LogP contribution in [0.4, 0.5) is 0 Å². The smallest absolute Gasteiger partial charge is 0.129 e. The van der Waals surface area contributed by atoms with Crippen LogP contribution < -0.4 is 4.74 Å². The van der Waals surface area contributed by atoms with E-state index in [0.29, 0.717) is 6.04 Å². The third kappa shape index (κ3) is 5.92. The Morgan fingerprint density at radius 1 is 1.06 bits per heavy atom. The van der Waals surface area contributed by atoms with Gasteiger partial charge in [0, 0.05) is 44.1 Å². The molecule has 0 saturated carbocycles. The molecule has 2 heterocycles. The predicted octanol–water partition coefficient (Wildman–Crippen LogP) is 4.54. The molecule has 1 saturated heterocycles. The molecule has 1 atom stereocenters. The molecule has 1 unspecified atom stereocenters. The molecular weight excluding hydrogens is 406 g/mol. The number of benzene rings is 2. The maximum absolute atomic E-state index is 5.53. The fraction of sp³-hybridized carbons (Fsp3) is 0.400. The summed E-state index contributed by atoms with van der Waals surface area (Å²) in [6.45, 7) is 8.79. The number of ether oxygens (including phenoxy) is 2. The van der Waals surface area contributed by atoms with Gasteiger partial charge in [-0.15, -0.1) is 11.3 Å². The van der Waals surface area contributed by atoms with Crippen molar-refractivity contribution in [3.63, 3.8) is 0 Å². The van der Waals surface area contributed by atoms with Gasteiger partial charge in [-0.05, 0) is 24.6 Å². The Balaban J connectivity index is 1.50. The molecule has 6 heteroatoms. The molecule has 164 valence electrons. The summed E-state index contributed by atoms with van der Waals surface area (Å²) >= 11 is 1.68. The molecule has 1 aliphatic rings. The molecule has 1 aliphatic heterocycles. The van der Waals surface area contributed by atoms with E-state index < -0.39 is 0 Å². The third-order valence-corrected chi connectivity index (χ3v) is 6.66. The maximum Gasteiger partial charge on any atom is 0.129 e. The molecule has 1 fully saturated rings. The minimum Gasteiger partial charge on any atom is -0.496 e. The van der Waals surface area contributed by atoms with Crippen molar-refractivity contribution in [1.82, 2.24) is 14.8 Å². The van der Waals surface area contributed by atoms with E-state index >= 15 is 0 Å². The summed E-state index contributed by atoms with van der Waals surface area (Å²) in [7, 11) is 1.71. The lowest BCUT2D eigenvalue weighted by Crippen LogP contribution is -2.45. The summed E-state index contributed by atoms with van der Waals surface area (Å²) in [6.07, 6.45) is 0. The molecule has 31 heavy (non-hydrogen) atoms. The zero-order chi connectivity index (χ0) is 21.5. The van der Waals surface area contributed by atoms with E-state index in [0.717, 1.165) is 68.0 Å². The largest absolute Gasteiger partial charge is 0.496 e. The highest BCUT2D eigenvalue weighted by atomic mass is 32.1. The number of morpholine rings is 1. The van der Waals surface area contributed by atoms with Crippen molar-refractivity contribution < 1.29 is 9.47 Å². The fourth-order valence-electron chi connectivity index (χ4n) is 3.99. The van der Waals surface area contributed by atoms with Crippen molar-refractivity contribution in [3.05, 3.63) is 71.2 Å². The SMILES string of the molecule is COc1ccccc1-c1nc(CN(Cc2ccccc2)C(C)CN2CCOCC2)cs1. The van der Waals surface area contributed by atoms with Gasteiger partial charge < -0.3 is 9.47 Å². The lowest BCUT2D eigenvalue weighted by atomic mass is 10.1. The quantitative estimate of drug-likeness (QED) is 0.491. The lowest BCUT2D eigenvalue weighted by molar-refractivity contribution is 0.0225. The molecule has 3 aromatic rings. The molecule has 0 aliphatic carbocycles. The monoisotopic (exact) mass is 437 g/mol. The molecule has 0 bridgehead atoms. The number of thiazole rings is 1. The molecular formula is C25H31N3O2S. The van der Waals surface area contributed by atoms with E-state index in [-0.39, 0.29) is 0 Å². The zero-order valence-corrected chi connectivity index (χ0v) is 19.2. The van der Waals surface area contributed by atoms with E-state index in [4.69, 9.17) is 14.5 Å². The van der Waals surface area contributed by atoms with Crippen LogP contribution in [0.3, 0.4) is 0 Å². The second-order valence-electron chi connectivity index (χ2n) is 8.00. The van der Waals surface area contributed by atoms with Crippen LogP contribution in [0.2, 0.25) is 0 Å². The number of rotatable bonds is 9. The lowest BCUT2D eigenvalue weighted by Gasteiger charge is -2.34. The van der Waals surface area contributed by atoms with Gasteiger partial charge >= 0.3 is 0 Å². The first kappa shape index (κ1) is 22.0. The van der Waals surface area contributed by atoms with Gasteiger partial charge in [-0.2, -0.15) is 0 Å². The van der Waals surface area contributed by atoms with E-state index in [1.54, 1.807) is 18.4 Å². The van der Waals surface area contributed by atoms with E-state index in [1.807, 2.05) is 18.2 Å². The van der Waals surface area contributed by atoms with Crippen LogP contribution in [0.1, 0.15) is 18.2 Å². The van der Waals surface area contributed by atoms with Crippen LogP contribution in [0.25, 0.3) is 10.6 Å². The fourth-order valence-corrected chi connectivity index (χ4v) is 4.83. The number of methoxy groups -OCH3 is 1. The topological polar surface area (TPSA) is 37.8 Å². The minimum absolute atomic E-state index is 0.412. The van der Waals surface area contributed by atoms with Crippen molar-refractivity contribution in [1.29, 1.82) is 0 Å². The maximum atomic E-state index is 5.53. The molecule has 0 radical (unpaired) electrons. The Labute approximate surface area is 189 Å². The van der Waals surface area contributed by atoms with Crippen molar-refractivity contribution in [2.45, 2.75) is 26.1 Å². The average Bonchev–Trinajstić information content (AvgIpc) is 3.28. The normalized spacial score (nSPS) is 15.8. The van der Waals surface area contributed by atoms with Crippen molar-refractivity contribution in [2.24, 2.45) is 0 Å².